The van der Waals surface area contributed by atoms with Crippen molar-refractivity contribution in [3.8, 4) is 5.75 Å². The van der Waals surface area contributed by atoms with Crippen molar-refractivity contribution in [2.45, 2.75) is 45.4 Å². The van der Waals surface area contributed by atoms with Crippen LogP contribution in [0, 0.1) is 0 Å². The van der Waals surface area contributed by atoms with Gasteiger partial charge in [0, 0.05) is 18.2 Å². The van der Waals surface area contributed by atoms with E-state index in [0.717, 1.165) is 16.6 Å². The molecule has 1 unspecified atom stereocenters. The monoisotopic (exact) mass is 341 g/mol. The molecule has 0 radical (unpaired) electrons. The molecular weight excluding hydrogens is 322 g/mol. The molecule has 5 heteroatoms. The van der Waals surface area contributed by atoms with Gasteiger partial charge in [-0.3, -0.25) is 0 Å². The van der Waals surface area contributed by atoms with Crippen LogP contribution in [0.25, 0.3) is 0 Å². The summed E-state index contributed by atoms with van der Waals surface area (Å²) >= 11 is 3.48. The van der Waals surface area contributed by atoms with Crippen molar-refractivity contribution in [3.63, 3.8) is 0 Å². The molecule has 1 aliphatic rings. The molecule has 0 spiro atoms. The summed E-state index contributed by atoms with van der Waals surface area (Å²) < 4.78 is 11.6. The Bertz CT molecular complexity index is 474. The molecule has 1 aliphatic carbocycles. The normalized spacial score (nSPS) is 15.8. The molecule has 4 nitrogen and oxygen atoms in total. The minimum atomic E-state index is -0.617. The number of para-hydroxylation sites is 1. The van der Waals surface area contributed by atoms with E-state index >= 15 is 0 Å². The molecule has 1 aromatic rings. The standard InChI is InChI=1S/C15H20BrNO3/c1-3-19-15(18)10(2)20-14-11(5-4-6-13(14)16)9-17-12-7-8-12/h4-6,10,12,17H,3,7-9H2,1-2H3. The molecule has 1 aromatic carbocycles. The highest BCUT2D eigenvalue weighted by atomic mass is 79.9. The molecule has 1 N–H and O–H groups in total. The Kier molecular flexibility index (Phi) is 5.43. The van der Waals surface area contributed by atoms with Crippen LogP contribution in [0.4, 0.5) is 0 Å². The number of nitrogens with one attached hydrogen (secondary N) is 1. The van der Waals surface area contributed by atoms with Crippen molar-refractivity contribution in [2.24, 2.45) is 0 Å². The number of carbonyl (C=O) groups is 1. The van der Waals surface area contributed by atoms with E-state index in [2.05, 4.69) is 21.2 Å². The Morgan fingerprint density at radius 3 is 2.90 bits per heavy atom. The van der Waals surface area contributed by atoms with Gasteiger partial charge < -0.3 is 14.8 Å². The zero-order valence-corrected chi connectivity index (χ0v) is 13.4. The van der Waals surface area contributed by atoms with Gasteiger partial charge in [-0.1, -0.05) is 12.1 Å². The van der Waals surface area contributed by atoms with Gasteiger partial charge in [0.2, 0.25) is 0 Å². The summed E-state index contributed by atoms with van der Waals surface area (Å²) in [6.07, 6.45) is 1.86. The number of hydrogen-bond acceptors (Lipinski definition) is 4. The second-order valence-electron chi connectivity index (χ2n) is 4.90. The van der Waals surface area contributed by atoms with Crippen LogP contribution in [0.3, 0.4) is 0 Å². The Balaban J connectivity index is 2.05. The molecule has 1 atom stereocenters. The van der Waals surface area contributed by atoms with E-state index in [1.165, 1.54) is 12.8 Å². The van der Waals surface area contributed by atoms with Crippen molar-refractivity contribution >= 4 is 21.9 Å². The number of esters is 1. The van der Waals surface area contributed by atoms with Crippen LogP contribution in [-0.2, 0) is 16.1 Å². The Morgan fingerprint density at radius 1 is 1.50 bits per heavy atom. The van der Waals surface area contributed by atoms with Gasteiger partial charge in [-0.2, -0.15) is 0 Å². The van der Waals surface area contributed by atoms with Crippen LogP contribution in [0.2, 0.25) is 0 Å². The van der Waals surface area contributed by atoms with Crippen molar-refractivity contribution in [3.05, 3.63) is 28.2 Å². The van der Waals surface area contributed by atoms with Gasteiger partial charge in [0.15, 0.2) is 6.10 Å². The lowest BCUT2D eigenvalue weighted by Gasteiger charge is -2.18. The van der Waals surface area contributed by atoms with Gasteiger partial charge in [0.1, 0.15) is 5.75 Å². The zero-order valence-electron chi connectivity index (χ0n) is 11.8. The predicted octanol–water partition coefficient (Wildman–Crippen LogP) is 3.03. The fourth-order valence-corrected chi connectivity index (χ4v) is 2.35. The summed E-state index contributed by atoms with van der Waals surface area (Å²) in [7, 11) is 0. The van der Waals surface area contributed by atoms with Gasteiger partial charge >= 0.3 is 5.97 Å². The van der Waals surface area contributed by atoms with Crippen LogP contribution in [-0.4, -0.2) is 24.7 Å². The Labute approximate surface area is 128 Å². The average Bonchev–Trinajstić information content (AvgIpc) is 3.23. The highest BCUT2D eigenvalue weighted by Crippen LogP contribution is 2.31. The lowest BCUT2D eigenvalue weighted by atomic mass is 10.2. The van der Waals surface area contributed by atoms with E-state index in [0.29, 0.717) is 18.4 Å². The molecule has 20 heavy (non-hydrogen) atoms. The molecule has 2 rings (SSSR count). The van der Waals surface area contributed by atoms with Crippen LogP contribution < -0.4 is 10.1 Å². The Hall–Kier alpha value is -1.07. The van der Waals surface area contributed by atoms with Gasteiger partial charge in [0.05, 0.1) is 11.1 Å². The van der Waals surface area contributed by atoms with E-state index in [-0.39, 0.29) is 5.97 Å². The van der Waals surface area contributed by atoms with Crippen molar-refractivity contribution in [1.82, 2.24) is 5.32 Å². The van der Waals surface area contributed by atoms with Crippen LogP contribution in [0.15, 0.2) is 22.7 Å². The highest BCUT2D eigenvalue weighted by Gasteiger charge is 2.22. The highest BCUT2D eigenvalue weighted by molar-refractivity contribution is 9.10. The molecule has 1 saturated carbocycles. The van der Waals surface area contributed by atoms with Crippen LogP contribution in [0.1, 0.15) is 32.3 Å². The van der Waals surface area contributed by atoms with Crippen molar-refractivity contribution in [1.29, 1.82) is 0 Å². The molecule has 1 fully saturated rings. The summed E-state index contributed by atoms with van der Waals surface area (Å²) in [4.78, 5) is 11.7. The van der Waals surface area contributed by atoms with Gasteiger partial charge in [-0.15, -0.1) is 0 Å². The summed E-state index contributed by atoms with van der Waals surface area (Å²) in [5.41, 5.74) is 1.04. The summed E-state index contributed by atoms with van der Waals surface area (Å²) in [6, 6.07) is 6.51. The van der Waals surface area contributed by atoms with Gasteiger partial charge in [0.25, 0.3) is 0 Å². The third-order valence-electron chi connectivity index (χ3n) is 3.12. The fourth-order valence-electron chi connectivity index (χ4n) is 1.85. The minimum Gasteiger partial charge on any atom is -0.478 e. The first kappa shape index (κ1) is 15.3. The smallest absolute Gasteiger partial charge is 0.347 e. The van der Waals surface area contributed by atoms with E-state index in [4.69, 9.17) is 9.47 Å². The largest absolute Gasteiger partial charge is 0.478 e. The molecule has 0 bridgehead atoms. The second kappa shape index (κ2) is 7.09. The Morgan fingerprint density at radius 2 is 2.25 bits per heavy atom. The maximum absolute atomic E-state index is 11.7. The van der Waals surface area contributed by atoms with Crippen LogP contribution >= 0.6 is 15.9 Å². The lowest BCUT2D eigenvalue weighted by molar-refractivity contribution is -0.150. The summed E-state index contributed by atoms with van der Waals surface area (Å²) in [6.45, 7) is 4.59. The van der Waals surface area contributed by atoms with E-state index in [9.17, 15) is 4.79 Å². The quantitative estimate of drug-likeness (QED) is 0.774. The summed E-state index contributed by atoms with van der Waals surface area (Å²) in [5.74, 6) is 0.366. The number of halogens is 1. The molecule has 110 valence electrons. The number of hydrogen-bond donors (Lipinski definition) is 1. The average molecular weight is 342 g/mol. The van der Waals surface area contributed by atoms with Crippen molar-refractivity contribution < 1.29 is 14.3 Å². The number of ether oxygens (including phenoxy) is 2. The molecule has 0 aliphatic heterocycles. The number of benzene rings is 1. The maximum atomic E-state index is 11.7. The van der Waals surface area contributed by atoms with E-state index < -0.39 is 6.10 Å². The van der Waals surface area contributed by atoms with Gasteiger partial charge in [-0.25, -0.2) is 4.79 Å². The van der Waals surface area contributed by atoms with Crippen LogP contribution in [0.5, 0.6) is 5.75 Å². The first-order valence-electron chi connectivity index (χ1n) is 6.96. The third kappa shape index (κ3) is 4.21. The minimum absolute atomic E-state index is 0.343. The fraction of sp³-hybridized carbons (Fsp3) is 0.533. The van der Waals surface area contributed by atoms with Crippen molar-refractivity contribution in [2.75, 3.05) is 6.61 Å². The molecule has 0 amide bonds. The SMILES string of the molecule is CCOC(=O)C(C)Oc1c(Br)cccc1CNC1CC1. The third-order valence-corrected chi connectivity index (χ3v) is 3.74. The summed E-state index contributed by atoms with van der Waals surface area (Å²) in [5, 5.41) is 3.45. The second-order valence-corrected chi connectivity index (χ2v) is 5.75. The molecule has 0 saturated heterocycles. The van der Waals surface area contributed by atoms with E-state index in [1.807, 2.05) is 18.2 Å². The molecular formula is C15H20BrNO3. The lowest BCUT2D eigenvalue weighted by Crippen LogP contribution is -2.27. The topological polar surface area (TPSA) is 47.6 Å². The van der Waals surface area contributed by atoms with E-state index in [1.54, 1.807) is 13.8 Å². The number of carbonyl (C=O) groups excluding carboxylic acids is 1. The molecule has 0 heterocycles. The maximum Gasteiger partial charge on any atom is 0.347 e. The zero-order chi connectivity index (χ0) is 14.5. The number of rotatable bonds is 7. The van der Waals surface area contributed by atoms with Gasteiger partial charge in [-0.05, 0) is 48.7 Å². The molecule has 0 aromatic heterocycles. The predicted molar refractivity (Wildman–Crippen MR) is 80.7 cm³/mol. The first-order chi connectivity index (χ1) is 9.61. The first-order valence-corrected chi connectivity index (χ1v) is 7.75.